The first-order chi connectivity index (χ1) is 9.20. The molecule has 1 fully saturated rings. The SMILES string of the molecule is Cc1ccc(NC(=O)N2CCCCC2CCO)cc1. The topological polar surface area (TPSA) is 52.6 Å². The van der Waals surface area contributed by atoms with E-state index in [0.717, 1.165) is 31.5 Å². The lowest BCUT2D eigenvalue weighted by Gasteiger charge is -2.35. The van der Waals surface area contributed by atoms with Crippen molar-refractivity contribution in [2.45, 2.75) is 38.6 Å². The van der Waals surface area contributed by atoms with E-state index in [1.54, 1.807) is 0 Å². The predicted molar refractivity (Wildman–Crippen MR) is 76.2 cm³/mol. The van der Waals surface area contributed by atoms with Crippen LogP contribution in [0.15, 0.2) is 24.3 Å². The summed E-state index contributed by atoms with van der Waals surface area (Å²) in [6, 6.07) is 7.91. The van der Waals surface area contributed by atoms with Gasteiger partial charge in [-0.15, -0.1) is 0 Å². The van der Waals surface area contributed by atoms with E-state index in [0.29, 0.717) is 6.42 Å². The van der Waals surface area contributed by atoms with Gasteiger partial charge in [0.15, 0.2) is 0 Å². The van der Waals surface area contributed by atoms with Gasteiger partial charge in [-0.25, -0.2) is 4.79 Å². The van der Waals surface area contributed by atoms with Gasteiger partial charge in [0.05, 0.1) is 0 Å². The molecule has 1 unspecified atom stereocenters. The summed E-state index contributed by atoms with van der Waals surface area (Å²) in [5.41, 5.74) is 2.00. The number of nitrogens with one attached hydrogen (secondary N) is 1. The molecule has 0 aromatic heterocycles. The molecular formula is C15H22N2O2. The molecule has 1 aromatic rings. The molecule has 19 heavy (non-hydrogen) atoms. The Morgan fingerprint density at radius 1 is 1.37 bits per heavy atom. The third kappa shape index (κ3) is 3.70. The van der Waals surface area contributed by atoms with Crippen molar-refractivity contribution in [1.82, 2.24) is 4.90 Å². The van der Waals surface area contributed by atoms with Crippen LogP contribution in [0, 0.1) is 6.92 Å². The Balaban J connectivity index is 1.99. The summed E-state index contributed by atoms with van der Waals surface area (Å²) in [6.45, 7) is 2.94. The smallest absolute Gasteiger partial charge is 0.322 e. The number of piperidine rings is 1. The van der Waals surface area contributed by atoms with Crippen LogP contribution in [0.1, 0.15) is 31.2 Å². The van der Waals surface area contributed by atoms with Gasteiger partial charge in [0, 0.05) is 24.9 Å². The maximum absolute atomic E-state index is 12.3. The van der Waals surface area contributed by atoms with Crippen LogP contribution in [0.2, 0.25) is 0 Å². The monoisotopic (exact) mass is 262 g/mol. The number of aryl methyl sites for hydroxylation is 1. The molecule has 104 valence electrons. The zero-order valence-corrected chi connectivity index (χ0v) is 11.4. The number of likely N-dealkylation sites (tertiary alicyclic amines) is 1. The summed E-state index contributed by atoms with van der Waals surface area (Å²) in [5.74, 6) is 0. The van der Waals surface area contributed by atoms with Crippen molar-refractivity contribution in [2.75, 3.05) is 18.5 Å². The van der Waals surface area contributed by atoms with E-state index in [2.05, 4.69) is 5.32 Å². The van der Waals surface area contributed by atoms with Gasteiger partial charge in [-0.05, 0) is 44.7 Å². The second-order valence-corrected chi connectivity index (χ2v) is 5.15. The molecule has 0 aliphatic carbocycles. The quantitative estimate of drug-likeness (QED) is 0.880. The van der Waals surface area contributed by atoms with Crippen LogP contribution in [-0.4, -0.2) is 35.2 Å². The molecule has 1 aromatic carbocycles. The Labute approximate surface area is 114 Å². The van der Waals surface area contributed by atoms with E-state index in [1.165, 1.54) is 5.56 Å². The van der Waals surface area contributed by atoms with Crippen LogP contribution in [0.25, 0.3) is 0 Å². The number of hydrogen-bond donors (Lipinski definition) is 2. The average molecular weight is 262 g/mol. The van der Waals surface area contributed by atoms with Crippen LogP contribution in [0.4, 0.5) is 10.5 Å². The van der Waals surface area contributed by atoms with Gasteiger partial charge >= 0.3 is 6.03 Å². The fourth-order valence-corrected chi connectivity index (χ4v) is 2.55. The van der Waals surface area contributed by atoms with E-state index in [1.807, 2.05) is 36.1 Å². The zero-order chi connectivity index (χ0) is 13.7. The van der Waals surface area contributed by atoms with Gasteiger partial charge < -0.3 is 15.3 Å². The molecule has 4 heteroatoms. The second-order valence-electron chi connectivity index (χ2n) is 5.15. The number of hydrogen-bond acceptors (Lipinski definition) is 2. The zero-order valence-electron chi connectivity index (χ0n) is 11.4. The molecule has 1 atom stereocenters. The lowest BCUT2D eigenvalue weighted by molar-refractivity contribution is 0.141. The van der Waals surface area contributed by atoms with E-state index >= 15 is 0 Å². The van der Waals surface area contributed by atoms with E-state index in [-0.39, 0.29) is 18.7 Å². The van der Waals surface area contributed by atoms with Crippen LogP contribution >= 0.6 is 0 Å². The van der Waals surface area contributed by atoms with Crippen LogP contribution in [-0.2, 0) is 0 Å². The van der Waals surface area contributed by atoms with E-state index < -0.39 is 0 Å². The fraction of sp³-hybridized carbons (Fsp3) is 0.533. The Hall–Kier alpha value is -1.55. The number of carbonyl (C=O) groups excluding carboxylic acids is 1. The largest absolute Gasteiger partial charge is 0.396 e. The molecule has 1 aliphatic heterocycles. The molecule has 0 saturated carbocycles. The minimum Gasteiger partial charge on any atom is -0.396 e. The van der Waals surface area contributed by atoms with Crippen LogP contribution in [0.5, 0.6) is 0 Å². The second kappa shape index (κ2) is 6.57. The molecule has 4 nitrogen and oxygen atoms in total. The Kier molecular flexibility index (Phi) is 4.80. The molecular weight excluding hydrogens is 240 g/mol. The first-order valence-corrected chi connectivity index (χ1v) is 6.96. The molecule has 0 radical (unpaired) electrons. The molecule has 2 N–H and O–H groups in total. The maximum Gasteiger partial charge on any atom is 0.322 e. The van der Waals surface area contributed by atoms with Crippen molar-refractivity contribution >= 4 is 11.7 Å². The third-order valence-electron chi connectivity index (χ3n) is 3.65. The highest BCUT2D eigenvalue weighted by Gasteiger charge is 2.26. The number of rotatable bonds is 3. The highest BCUT2D eigenvalue weighted by Crippen LogP contribution is 2.20. The first kappa shape index (κ1) is 13.9. The molecule has 1 heterocycles. The fourth-order valence-electron chi connectivity index (χ4n) is 2.55. The summed E-state index contributed by atoms with van der Waals surface area (Å²) in [6.07, 6.45) is 3.84. The molecule has 1 aliphatic rings. The van der Waals surface area contributed by atoms with Crippen molar-refractivity contribution in [2.24, 2.45) is 0 Å². The third-order valence-corrected chi connectivity index (χ3v) is 3.65. The maximum atomic E-state index is 12.3. The molecule has 1 saturated heterocycles. The average Bonchev–Trinajstić information content (AvgIpc) is 2.42. The number of carbonyl (C=O) groups is 1. The molecule has 0 spiro atoms. The van der Waals surface area contributed by atoms with E-state index in [9.17, 15) is 4.79 Å². The Bertz CT molecular complexity index is 415. The van der Waals surface area contributed by atoms with Crippen molar-refractivity contribution < 1.29 is 9.90 Å². The number of urea groups is 1. The summed E-state index contributed by atoms with van der Waals surface area (Å²) in [7, 11) is 0. The first-order valence-electron chi connectivity index (χ1n) is 6.96. The predicted octanol–water partition coefficient (Wildman–Crippen LogP) is 2.76. The Morgan fingerprint density at radius 3 is 2.79 bits per heavy atom. The highest BCUT2D eigenvalue weighted by atomic mass is 16.3. The summed E-state index contributed by atoms with van der Waals surface area (Å²) in [4.78, 5) is 14.1. The minimum atomic E-state index is -0.0537. The number of aliphatic hydroxyl groups is 1. The lowest BCUT2D eigenvalue weighted by Crippen LogP contribution is -2.46. The number of anilines is 1. The molecule has 2 rings (SSSR count). The van der Waals surface area contributed by atoms with Crippen molar-refractivity contribution in [3.8, 4) is 0 Å². The van der Waals surface area contributed by atoms with Gasteiger partial charge in [-0.2, -0.15) is 0 Å². The number of amides is 2. The van der Waals surface area contributed by atoms with E-state index in [4.69, 9.17) is 5.11 Å². The normalized spacial score (nSPS) is 19.3. The molecule has 2 amide bonds. The summed E-state index contributed by atoms with van der Waals surface area (Å²) < 4.78 is 0. The minimum absolute atomic E-state index is 0.0537. The van der Waals surface area contributed by atoms with Gasteiger partial charge in [0.1, 0.15) is 0 Å². The van der Waals surface area contributed by atoms with Gasteiger partial charge in [0.2, 0.25) is 0 Å². The summed E-state index contributed by atoms with van der Waals surface area (Å²) >= 11 is 0. The van der Waals surface area contributed by atoms with Crippen LogP contribution in [0.3, 0.4) is 0 Å². The van der Waals surface area contributed by atoms with Crippen molar-refractivity contribution in [1.29, 1.82) is 0 Å². The highest BCUT2D eigenvalue weighted by molar-refractivity contribution is 5.89. The number of aliphatic hydroxyl groups excluding tert-OH is 1. The van der Waals surface area contributed by atoms with Crippen molar-refractivity contribution in [3.05, 3.63) is 29.8 Å². The van der Waals surface area contributed by atoms with Crippen molar-refractivity contribution in [3.63, 3.8) is 0 Å². The van der Waals surface area contributed by atoms with Gasteiger partial charge in [-0.3, -0.25) is 0 Å². The number of nitrogens with zero attached hydrogens (tertiary/aromatic N) is 1. The lowest BCUT2D eigenvalue weighted by atomic mass is 10.0. The summed E-state index contributed by atoms with van der Waals surface area (Å²) in [5, 5.41) is 12.0. The van der Waals surface area contributed by atoms with Gasteiger partial charge in [0.25, 0.3) is 0 Å². The van der Waals surface area contributed by atoms with Gasteiger partial charge in [-0.1, -0.05) is 17.7 Å². The van der Waals surface area contributed by atoms with Crippen LogP contribution < -0.4 is 5.32 Å². The standard InChI is InChI=1S/C15H22N2O2/c1-12-5-7-13(8-6-12)16-15(19)17-10-3-2-4-14(17)9-11-18/h5-8,14,18H,2-4,9-11H2,1H3,(H,16,19). The Morgan fingerprint density at radius 2 is 2.11 bits per heavy atom. The molecule has 0 bridgehead atoms. The number of benzene rings is 1.